The molecule has 0 atom stereocenters. The third-order valence-corrected chi connectivity index (χ3v) is 4.66. The van der Waals surface area contributed by atoms with Crippen LogP contribution in [0.2, 0.25) is 0 Å². The minimum Gasteiger partial charge on any atom is -0.338 e. The van der Waals surface area contributed by atoms with Gasteiger partial charge in [-0.2, -0.15) is 5.10 Å². The molecule has 0 aliphatic heterocycles. The van der Waals surface area contributed by atoms with E-state index >= 15 is 0 Å². The fourth-order valence-electron chi connectivity index (χ4n) is 1.89. The van der Waals surface area contributed by atoms with Crippen molar-refractivity contribution >= 4 is 48.6 Å². The number of thiazole rings is 1. The quantitative estimate of drug-likeness (QED) is 0.747. The molecule has 8 heteroatoms. The van der Waals surface area contributed by atoms with Crippen LogP contribution in [0.3, 0.4) is 0 Å². The molecule has 1 aromatic carbocycles. The number of nitrogens with one attached hydrogen (secondary N) is 2. The molecule has 6 nitrogen and oxygen atoms in total. The van der Waals surface area contributed by atoms with Gasteiger partial charge in [-0.1, -0.05) is 11.3 Å². The van der Waals surface area contributed by atoms with Crippen LogP contribution in [0.15, 0.2) is 35.1 Å². The van der Waals surface area contributed by atoms with Gasteiger partial charge < -0.3 is 5.32 Å². The van der Waals surface area contributed by atoms with E-state index < -0.39 is 0 Å². The van der Waals surface area contributed by atoms with Gasteiger partial charge in [0.1, 0.15) is 0 Å². The summed E-state index contributed by atoms with van der Waals surface area (Å²) < 4.78 is 3.67. The van der Waals surface area contributed by atoms with Gasteiger partial charge in [-0.3, -0.25) is 5.32 Å². The van der Waals surface area contributed by atoms with Gasteiger partial charge in [0.25, 0.3) is 0 Å². The van der Waals surface area contributed by atoms with Crippen LogP contribution in [0.25, 0.3) is 15.9 Å². The number of halogens is 1. The highest BCUT2D eigenvalue weighted by Crippen LogP contribution is 2.34. The summed E-state index contributed by atoms with van der Waals surface area (Å²) in [6, 6.07) is 5.52. The Morgan fingerprint density at radius 2 is 2.33 bits per heavy atom. The smallest absolute Gasteiger partial charge is 0.321 e. The normalized spacial score (nSPS) is 10.8. The Morgan fingerprint density at radius 3 is 3.05 bits per heavy atom. The zero-order valence-corrected chi connectivity index (χ0v) is 13.5. The highest BCUT2D eigenvalue weighted by atomic mass is 79.9. The Labute approximate surface area is 133 Å². The monoisotopic (exact) mass is 365 g/mol. The largest absolute Gasteiger partial charge is 0.338 e. The topological polar surface area (TPSA) is 71.8 Å². The number of carbonyl (C=O) groups excluding carboxylic acids is 1. The molecule has 0 aliphatic carbocycles. The van der Waals surface area contributed by atoms with E-state index in [1.807, 2.05) is 31.3 Å². The van der Waals surface area contributed by atoms with E-state index in [1.165, 1.54) is 11.3 Å². The summed E-state index contributed by atoms with van der Waals surface area (Å²) in [6.07, 6.45) is 3.59. The molecule has 0 aliphatic rings. The van der Waals surface area contributed by atoms with Gasteiger partial charge in [-0.05, 0) is 41.1 Å². The first-order chi connectivity index (χ1) is 10.2. The van der Waals surface area contributed by atoms with E-state index in [0.29, 0.717) is 11.7 Å². The number of anilines is 1. The third kappa shape index (κ3) is 2.91. The summed E-state index contributed by atoms with van der Waals surface area (Å²) in [6.45, 7) is 2.44. The van der Waals surface area contributed by atoms with Crippen molar-refractivity contribution in [1.29, 1.82) is 0 Å². The van der Waals surface area contributed by atoms with Gasteiger partial charge in [-0.25, -0.2) is 14.5 Å². The number of amides is 2. The van der Waals surface area contributed by atoms with Gasteiger partial charge in [0.2, 0.25) is 0 Å². The van der Waals surface area contributed by atoms with Gasteiger partial charge >= 0.3 is 6.03 Å². The minimum absolute atomic E-state index is 0.250. The fourth-order valence-corrected chi connectivity index (χ4v) is 3.41. The lowest BCUT2D eigenvalue weighted by molar-refractivity contribution is 0.252. The summed E-state index contributed by atoms with van der Waals surface area (Å²) in [7, 11) is 0. The molecule has 2 heterocycles. The van der Waals surface area contributed by atoms with Gasteiger partial charge in [0, 0.05) is 23.4 Å². The number of benzene rings is 1. The van der Waals surface area contributed by atoms with Crippen LogP contribution in [-0.2, 0) is 0 Å². The number of hydrogen-bond acceptors (Lipinski definition) is 4. The van der Waals surface area contributed by atoms with Crippen LogP contribution in [0, 0.1) is 0 Å². The lowest BCUT2D eigenvalue weighted by Gasteiger charge is -2.02. The van der Waals surface area contributed by atoms with Crippen molar-refractivity contribution in [1.82, 2.24) is 20.1 Å². The standard InChI is InChI=1S/C13H12BrN5OS/c1-2-15-12(20)18-13-17-10-7-8(19-5-3-4-16-19)6-9(14)11(10)21-13/h3-7H,2H2,1H3,(H2,15,17,18,20). The zero-order chi connectivity index (χ0) is 14.8. The highest BCUT2D eigenvalue weighted by Gasteiger charge is 2.11. The molecule has 0 bridgehead atoms. The van der Waals surface area contributed by atoms with Crippen LogP contribution in [0.4, 0.5) is 9.93 Å². The number of rotatable bonds is 3. The van der Waals surface area contributed by atoms with E-state index in [1.54, 1.807) is 10.9 Å². The first-order valence-corrected chi connectivity index (χ1v) is 7.93. The Kier molecular flexibility index (Phi) is 3.89. The van der Waals surface area contributed by atoms with Crippen LogP contribution < -0.4 is 10.6 Å². The van der Waals surface area contributed by atoms with Crippen LogP contribution >= 0.6 is 27.3 Å². The van der Waals surface area contributed by atoms with E-state index in [4.69, 9.17) is 0 Å². The van der Waals surface area contributed by atoms with Crippen molar-refractivity contribution in [3.8, 4) is 5.69 Å². The molecule has 0 unspecified atom stereocenters. The number of nitrogens with zero attached hydrogens (tertiary/aromatic N) is 3. The molecular formula is C13H12BrN5OS. The van der Waals surface area contributed by atoms with E-state index in [-0.39, 0.29) is 6.03 Å². The van der Waals surface area contributed by atoms with Gasteiger partial charge in [0.05, 0.1) is 15.9 Å². The Morgan fingerprint density at radius 1 is 1.48 bits per heavy atom. The van der Waals surface area contributed by atoms with Crippen LogP contribution in [0.1, 0.15) is 6.92 Å². The summed E-state index contributed by atoms with van der Waals surface area (Å²) in [4.78, 5) is 16.0. The number of fused-ring (bicyclic) bond motifs is 1. The fraction of sp³-hybridized carbons (Fsp3) is 0.154. The van der Waals surface area contributed by atoms with Crippen molar-refractivity contribution < 1.29 is 4.79 Å². The molecule has 0 saturated heterocycles. The Bertz CT molecular complexity index is 783. The molecular weight excluding hydrogens is 354 g/mol. The second-order valence-corrected chi connectivity index (χ2v) is 6.08. The van der Waals surface area contributed by atoms with Crippen molar-refractivity contribution in [2.45, 2.75) is 6.92 Å². The molecule has 0 spiro atoms. The van der Waals surface area contributed by atoms with E-state index in [2.05, 4.69) is 36.6 Å². The molecule has 3 rings (SSSR count). The molecule has 108 valence electrons. The minimum atomic E-state index is -0.250. The van der Waals surface area contributed by atoms with E-state index in [0.717, 1.165) is 20.4 Å². The Balaban J connectivity index is 1.97. The average molecular weight is 366 g/mol. The van der Waals surface area contributed by atoms with Crippen LogP contribution in [-0.4, -0.2) is 27.3 Å². The summed E-state index contributed by atoms with van der Waals surface area (Å²) in [5.74, 6) is 0. The molecule has 21 heavy (non-hydrogen) atoms. The average Bonchev–Trinajstić information content (AvgIpc) is 3.07. The van der Waals surface area contributed by atoms with Crippen molar-refractivity contribution in [3.05, 3.63) is 35.1 Å². The van der Waals surface area contributed by atoms with Crippen molar-refractivity contribution in [3.63, 3.8) is 0 Å². The molecule has 0 fully saturated rings. The predicted octanol–water partition coefficient (Wildman–Crippen LogP) is 3.39. The maximum Gasteiger partial charge on any atom is 0.321 e. The zero-order valence-electron chi connectivity index (χ0n) is 11.1. The second kappa shape index (κ2) is 5.82. The van der Waals surface area contributed by atoms with Crippen molar-refractivity contribution in [2.75, 3.05) is 11.9 Å². The maximum atomic E-state index is 11.5. The molecule has 3 aromatic rings. The highest BCUT2D eigenvalue weighted by molar-refractivity contribution is 9.10. The van der Waals surface area contributed by atoms with Crippen molar-refractivity contribution in [2.24, 2.45) is 0 Å². The summed E-state index contributed by atoms with van der Waals surface area (Å²) in [5, 5.41) is 10.2. The predicted molar refractivity (Wildman–Crippen MR) is 87.1 cm³/mol. The van der Waals surface area contributed by atoms with Gasteiger partial charge in [0.15, 0.2) is 5.13 Å². The number of hydrogen-bond donors (Lipinski definition) is 2. The summed E-state index contributed by atoms with van der Waals surface area (Å²) in [5.41, 5.74) is 1.72. The lowest BCUT2D eigenvalue weighted by atomic mass is 10.3. The second-order valence-electron chi connectivity index (χ2n) is 4.23. The maximum absolute atomic E-state index is 11.5. The van der Waals surface area contributed by atoms with Crippen LogP contribution in [0.5, 0.6) is 0 Å². The third-order valence-electron chi connectivity index (χ3n) is 2.76. The number of aromatic nitrogens is 3. The lowest BCUT2D eigenvalue weighted by Crippen LogP contribution is -2.28. The molecule has 0 saturated carbocycles. The first-order valence-electron chi connectivity index (χ1n) is 6.32. The number of carbonyl (C=O) groups is 1. The Hall–Kier alpha value is -1.93. The molecule has 0 radical (unpaired) electrons. The number of urea groups is 1. The molecule has 2 aromatic heterocycles. The SMILES string of the molecule is CCNC(=O)Nc1nc2cc(-n3cccn3)cc(Br)c2s1. The molecule has 2 amide bonds. The summed E-state index contributed by atoms with van der Waals surface area (Å²) >= 11 is 4.97. The van der Waals surface area contributed by atoms with E-state index in [9.17, 15) is 4.79 Å². The van der Waals surface area contributed by atoms with Gasteiger partial charge in [-0.15, -0.1) is 0 Å². The first kappa shape index (κ1) is 14.0. The molecule has 2 N–H and O–H groups in total.